The SMILES string of the molecule is Nc1cccc(F)c1NC(=O)CCOCC(F)F. The number of para-hydroxylation sites is 1. The minimum atomic E-state index is -2.57. The zero-order chi connectivity index (χ0) is 13.5. The second-order valence-corrected chi connectivity index (χ2v) is 3.47. The summed E-state index contributed by atoms with van der Waals surface area (Å²) in [6.45, 7) is -0.889. The van der Waals surface area contributed by atoms with Crippen molar-refractivity contribution >= 4 is 17.3 Å². The number of carbonyl (C=O) groups is 1. The normalized spacial score (nSPS) is 10.7. The van der Waals surface area contributed by atoms with Crippen LogP contribution in [0.15, 0.2) is 18.2 Å². The van der Waals surface area contributed by atoms with Crippen molar-refractivity contribution in [1.82, 2.24) is 0 Å². The number of amides is 1. The molecule has 0 radical (unpaired) electrons. The lowest BCUT2D eigenvalue weighted by Gasteiger charge is -2.09. The van der Waals surface area contributed by atoms with Crippen LogP contribution in [0.2, 0.25) is 0 Å². The molecule has 1 rings (SSSR count). The summed E-state index contributed by atoms with van der Waals surface area (Å²) in [4.78, 5) is 11.4. The van der Waals surface area contributed by atoms with Crippen LogP contribution in [0, 0.1) is 5.82 Å². The van der Waals surface area contributed by atoms with Gasteiger partial charge in [-0.2, -0.15) is 0 Å². The molecule has 0 aromatic heterocycles. The van der Waals surface area contributed by atoms with Crippen LogP contribution in [-0.4, -0.2) is 25.5 Å². The van der Waals surface area contributed by atoms with Crippen molar-refractivity contribution in [3.05, 3.63) is 24.0 Å². The Morgan fingerprint density at radius 1 is 1.44 bits per heavy atom. The van der Waals surface area contributed by atoms with Gasteiger partial charge < -0.3 is 15.8 Å². The average molecular weight is 262 g/mol. The quantitative estimate of drug-likeness (QED) is 0.609. The van der Waals surface area contributed by atoms with Crippen molar-refractivity contribution in [2.45, 2.75) is 12.8 Å². The monoisotopic (exact) mass is 262 g/mol. The lowest BCUT2D eigenvalue weighted by atomic mass is 10.2. The van der Waals surface area contributed by atoms with Gasteiger partial charge in [-0.1, -0.05) is 6.07 Å². The van der Waals surface area contributed by atoms with Gasteiger partial charge >= 0.3 is 0 Å². The average Bonchev–Trinajstić information content (AvgIpc) is 2.29. The lowest BCUT2D eigenvalue weighted by Crippen LogP contribution is -2.17. The minimum Gasteiger partial charge on any atom is -0.397 e. The maximum absolute atomic E-state index is 13.3. The second-order valence-electron chi connectivity index (χ2n) is 3.47. The van der Waals surface area contributed by atoms with E-state index in [-0.39, 0.29) is 24.4 Å². The highest BCUT2D eigenvalue weighted by atomic mass is 19.3. The molecule has 0 heterocycles. The molecular weight excluding hydrogens is 249 g/mol. The highest BCUT2D eigenvalue weighted by Crippen LogP contribution is 2.21. The van der Waals surface area contributed by atoms with Gasteiger partial charge in [0, 0.05) is 0 Å². The van der Waals surface area contributed by atoms with E-state index in [0.29, 0.717) is 0 Å². The van der Waals surface area contributed by atoms with Gasteiger partial charge in [0.2, 0.25) is 5.91 Å². The Kier molecular flexibility index (Phi) is 5.44. The zero-order valence-electron chi connectivity index (χ0n) is 9.46. The van der Waals surface area contributed by atoms with Gasteiger partial charge in [0.1, 0.15) is 18.1 Å². The zero-order valence-corrected chi connectivity index (χ0v) is 9.46. The van der Waals surface area contributed by atoms with Crippen LogP contribution in [0.5, 0.6) is 0 Å². The first kappa shape index (κ1) is 14.3. The molecule has 0 aliphatic rings. The third kappa shape index (κ3) is 4.62. The molecule has 0 atom stereocenters. The molecule has 0 fully saturated rings. The van der Waals surface area contributed by atoms with Crippen LogP contribution in [-0.2, 0) is 9.53 Å². The number of nitrogen functional groups attached to an aromatic ring is 1. The van der Waals surface area contributed by atoms with E-state index in [9.17, 15) is 18.0 Å². The van der Waals surface area contributed by atoms with E-state index in [2.05, 4.69) is 10.1 Å². The van der Waals surface area contributed by atoms with E-state index in [4.69, 9.17) is 5.73 Å². The van der Waals surface area contributed by atoms with Gasteiger partial charge in [0.25, 0.3) is 6.43 Å². The lowest BCUT2D eigenvalue weighted by molar-refractivity contribution is -0.117. The van der Waals surface area contributed by atoms with Gasteiger partial charge in [0.15, 0.2) is 0 Å². The molecule has 0 unspecified atom stereocenters. The second kappa shape index (κ2) is 6.85. The Labute approximate surface area is 102 Å². The van der Waals surface area contributed by atoms with Gasteiger partial charge in [-0.15, -0.1) is 0 Å². The maximum atomic E-state index is 13.3. The molecule has 3 N–H and O–H groups in total. The highest BCUT2D eigenvalue weighted by Gasteiger charge is 2.10. The standard InChI is InChI=1S/C11H13F3N2O2/c12-7-2-1-3-8(15)11(7)16-10(17)4-5-18-6-9(13)14/h1-3,9H,4-6,15H2,(H,16,17). The summed E-state index contributed by atoms with van der Waals surface area (Å²) < 4.78 is 41.2. The molecule has 4 nitrogen and oxygen atoms in total. The number of anilines is 2. The third-order valence-electron chi connectivity index (χ3n) is 2.03. The van der Waals surface area contributed by atoms with Gasteiger partial charge in [-0.25, -0.2) is 13.2 Å². The Bertz CT molecular complexity index is 393. The number of hydrogen-bond donors (Lipinski definition) is 2. The summed E-state index contributed by atoms with van der Waals surface area (Å²) in [5.41, 5.74) is 5.46. The third-order valence-corrected chi connectivity index (χ3v) is 2.03. The van der Waals surface area contributed by atoms with E-state index in [0.717, 1.165) is 6.07 Å². The summed E-state index contributed by atoms with van der Waals surface area (Å²) in [7, 11) is 0. The fourth-order valence-electron chi connectivity index (χ4n) is 1.21. The van der Waals surface area contributed by atoms with Crippen molar-refractivity contribution in [3.63, 3.8) is 0 Å². The number of nitrogens with one attached hydrogen (secondary N) is 1. The van der Waals surface area contributed by atoms with E-state index in [1.54, 1.807) is 0 Å². The van der Waals surface area contributed by atoms with E-state index >= 15 is 0 Å². The first-order valence-electron chi connectivity index (χ1n) is 5.20. The summed E-state index contributed by atoms with van der Waals surface area (Å²) in [6, 6.07) is 4.00. The number of rotatable bonds is 6. The van der Waals surface area contributed by atoms with E-state index < -0.39 is 24.8 Å². The molecule has 0 aliphatic heterocycles. The fraction of sp³-hybridized carbons (Fsp3) is 0.364. The Hall–Kier alpha value is -1.76. The Balaban J connectivity index is 2.40. The molecule has 1 amide bonds. The van der Waals surface area contributed by atoms with Crippen LogP contribution in [0.25, 0.3) is 0 Å². The number of carbonyl (C=O) groups excluding carboxylic acids is 1. The smallest absolute Gasteiger partial charge is 0.261 e. The fourth-order valence-corrected chi connectivity index (χ4v) is 1.21. The van der Waals surface area contributed by atoms with Crippen LogP contribution in [0.4, 0.5) is 24.5 Å². The van der Waals surface area contributed by atoms with Crippen LogP contribution >= 0.6 is 0 Å². The molecule has 0 aliphatic carbocycles. The molecule has 1 aromatic carbocycles. The van der Waals surface area contributed by atoms with Crippen LogP contribution < -0.4 is 11.1 Å². The summed E-state index contributed by atoms with van der Waals surface area (Å²) in [6.07, 6.45) is -2.73. The predicted octanol–water partition coefficient (Wildman–Crippen LogP) is 2.02. The highest BCUT2D eigenvalue weighted by molar-refractivity contribution is 5.93. The van der Waals surface area contributed by atoms with E-state index in [1.807, 2.05) is 0 Å². The van der Waals surface area contributed by atoms with Crippen molar-refractivity contribution < 1.29 is 22.7 Å². The largest absolute Gasteiger partial charge is 0.397 e. The molecular formula is C11H13F3N2O2. The minimum absolute atomic E-state index is 0.0943. The van der Waals surface area contributed by atoms with Crippen LogP contribution in [0.1, 0.15) is 6.42 Å². The summed E-state index contributed by atoms with van der Waals surface area (Å²) in [5.74, 6) is -1.21. The molecule has 18 heavy (non-hydrogen) atoms. The molecule has 100 valence electrons. The number of hydrogen-bond acceptors (Lipinski definition) is 3. The molecule has 0 saturated carbocycles. The first-order valence-corrected chi connectivity index (χ1v) is 5.20. The number of ether oxygens (including phenoxy) is 1. The van der Waals surface area contributed by atoms with Crippen molar-refractivity contribution in [3.8, 4) is 0 Å². The first-order chi connectivity index (χ1) is 8.50. The topological polar surface area (TPSA) is 64.3 Å². The van der Waals surface area contributed by atoms with Crippen molar-refractivity contribution in [2.24, 2.45) is 0 Å². The molecule has 0 bridgehead atoms. The number of alkyl halides is 2. The van der Waals surface area contributed by atoms with Gasteiger partial charge in [-0.3, -0.25) is 4.79 Å². The number of nitrogens with two attached hydrogens (primary N) is 1. The van der Waals surface area contributed by atoms with Crippen LogP contribution in [0.3, 0.4) is 0 Å². The van der Waals surface area contributed by atoms with Crippen molar-refractivity contribution in [1.29, 1.82) is 0 Å². The predicted molar refractivity (Wildman–Crippen MR) is 60.9 cm³/mol. The molecule has 7 heteroatoms. The molecule has 0 saturated heterocycles. The maximum Gasteiger partial charge on any atom is 0.261 e. The Morgan fingerprint density at radius 3 is 2.78 bits per heavy atom. The molecule has 0 spiro atoms. The summed E-state index contributed by atoms with van der Waals surface area (Å²) in [5, 5.41) is 2.26. The number of benzene rings is 1. The molecule has 1 aromatic rings. The Morgan fingerprint density at radius 2 is 2.17 bits per heavy atom. The van der Waals surface area contributed by atoms with Gasteiger partial charge in [0.05, 0.1) is 18.7 Å². The number of halogens is 3. The van der Waals surface area contributed by atoms with Gasteiger partial charge in [-0.05, 0) is 12.1 Å². The summed E-state index contributed by atoms with van der Waals surface area (Å²) >= 11 is 0. The van der Waals surface area contributed by atoms with E-state index in [1.165, 1.54) is 12.1 Å². The van der Waals surface area contributed by atoms with Crippen molar-refractivity contribution in [2.75, 3.05) is 24.3 Å².